The lowest BCUT2D eigenvalue weighted by atomic mass is 9.88. The van der Waals surface area contributed by atoms with E-state index in [1.54, 1.807) is 16.6 Å². The first-order valence-corrected chi connectivity index (χ1v) is 14.3. The van der Waals surface area contributed by atoms with Gasteiger partial charge in [-0.15, -0.1) is 0 Å². The quantitative estimate of drug-likeness (QED) is 0.372. The SMILES string of the molecule is CN(c1ccc2c(c1)nc(C(C)(C)C)n2CC1CCCCC1)S(=O)c1cnc(NCCO)c(Br)c1. The number of aliphatic hydroxyl groups excluding tert-OH is 1. The highest BCUT2D eigenvalue weighted by Crippen LogP contribution is 2.33. The molecule has 0 saturated heterocycles. The van der Waals surface area contributed by atoms with Gasteiger partial charge >= 0.3 is 0 Å². The molecular weight excluding hydrogens is 526 g/mol. The minimum absolute atomic E-state index is 0.0142. The summed E-state index contributed by atoms with van der Waals surface area (Å²) in [4.78, 5) is 10.0. The van der Waals surface area contributed by atoms with Crippen LogP contribution in [0.3, 0.4) is 0 Å². The van der Waals surface area contributed by atoms with Crippen molar-refractivity contribution in [3.05, 3.63) is 40.8 Å². The van der Waals surface area contributed by atoms with Crippen LogP contribution in [0.4, 0.5) is 11.5 Å². The molecule has 0 bridgehead atoms. The maximum absolute atomic E-state index is 13.3. The minimum Gasteiger partial charge on any atom is -0.395 e. The van der Waals surface area contributed by atoms with Crippen LogP contribution in [0.2, 0.25) is 0 Å². The van der Waals surface area contributed by atoms with E-state index in [0.29, 0.717) is 27.6 Å². The third-order valence-corrected chi connectivity index (χ3v) is 8.54. The van der Waals surface area contributed by atoms with Crippen molar-refractivity contribution in [2.45, 2.75) is 69.7 Å². The summed E-state index contributed by atoms with van der Waals surface area (Å²) in [5, 5.41) is 12.0. The van der Waals surface area contributed by atoms with Gasteiger partial charge in [0.2, 0.25) is 0 Å². The van der Waals surface area contributed by atoms with Crippen molar-refractivity contribution in [1.82, 2.24) is 14.5 Å². The number of halogens is 1. The van der Waals surface area contributed by atoms with E-state index >= 15 is 0 Å². The molecule has 1 aliphatic carbocycles. The third-order valence-electron chi connectivity index (χ3n) is 6.60. The van der Waals surface area contributed by atoms with Crippen LogP contribution >= 0.6 is 15.9 Å². The second kappa shape index (κ2) is 11.0. The van der Waals surface area contributed by atoms with Crippen molar-refractivity contribution in [3.8, 4) is 0 Å². The lowest BCUT2D eigenvalue weighted by Gasteiger charge is -2.26. The number of hydrogen-bond donors (Lipinski definition) is 2. The van der Waals surface area contributed by atoms with Gasteiger partial charge in [-0.05, 0) is 59.0 Å². The van der Waals surface area contributed by atoms with Crippen LogP contribution in [0, 0.1) is 5.92 Å². The molecular formula is C26H36BrN5O2S. The second-order valence-electron chi connectivity index (χ2n) is 10.4. The largest absolute Gasteiger partial charge is 0.395 e. The lowest BCUT2D eigenvalue weighted by Crippen LogP contribution is -2.22. The Balaban J connectivity index is 1.62. The lowest BCUT2D eigenvalue weighted by molar-refractivity contribution is 0.311. The molecule has 2 heterocycles. The second-order valence-corrected chi connectivity index (χ2v) is 12.7. The summed E-state index contributed by atoms with van der Waals surface area (Å²) >= 11 is 3.48. The highest BCUT2D eigenvalue weighted by atomic mass is 79.9. The zero-order chi connectivity index (χ0) is 25.2. The number of benzene rings is 1. The Morgan fingerprint density at radius 2 is 1.97 bits per heavy atom. The van der Waals surface area contributed by atoms with E-state index in [2.05, 4.69) is 57.6 Å². The topological polar surface area (TPSA) is 83.3 Å². The fraction of sp³-hybridized carbons (Fsp3) is 0.538. The van der Waals surface area contributed by atoms with Gasteiger partial charge in [-0.25, -0.2) is 14.2 Å². The van der Waals surface area contributed by atoms with E-state index in [0.717, 1.165) is 29.1 Å². The molecule has 7 nitrogen and oxygen atoms in total. The van der Waals surface area contributed by atoms with Gasteiger partial charge in [-0.2, -0.15) is 0 Å². The van der Waals surface area contributed by atoms with Crippen LogP contribution in [0.25, 0.3) is 11.0 Å². The summed E-state index contributed by atoms with van der Waals surface area (Å²) in [5.74, 6) is 2.43. The Morgan fingerprint density at radius 3 is 2.63 bits per heavy atom. The van der Waals surface area contributed by atoms with Crippen molar-refractivity contribution in [2.75, 3.05) is 29.8 Å². The van der Waals surface area contributed by atoms with E-state index in [1.807, 2.05) is 19.2 Å². The first-order valence-electron chi connectivity index (χ1n) is 12.4. The molecule has 9 heteroatoms. The van der Waals surface area contributed by atoms with E-state index in [1.165, 1.54) is 32.1 Å². The molecule has 0 amide bonds. The van der Waals surface area contributed by atoms with Gasteiger partial charge < -0.3 is 15.0 Å². The van der Waals surface area contributed by atoms with E-state index in [9.17, 15) is 4.21 Å². The third kappa shape index (κ3) is 5.89. The number of rotatable bonds is 8. The van der Waals surface area contributed by atoms with Crippen molar-refractivity contribution in [1.29, 1.82) is 0 Å². The normalized spacial score (nSPS) is 15.9. The van der Waals surface area contributed by atoms with Gasteiger partial charge in [0.15, 0.2) is 11.0 Å². The summed E-state index contributed by atoms with van der Waals surface area (Å²) in [6, 6.07) is 8.00. The average molecular weight is 563 g/mol. The van der Waals surface area contributed by atoms with Crippen LogP contribution in [0.1, 0.15) is 58.7 Å². The number of anilines is 2. The van der Waals surface area contributed by atoms with Crippen molar-refractivity contribution in [2.24, 2.45) is 5.92 Å². The van der Waals surface area contributed by atoms with Gasteiger partial charge in [0.05, 0.1) is 32.7 Å². The summed E-state index contributed by atoms with van der Waals surface area (Å²) in [6.07, 6.45) is 8.20. The van der Waals surface area contributed by atoms with E-state index in [4.69, 9.17) is 10.1 Å². The summed E-state index contributed by atoms with van der Waals surface area (Å²) in [7, 11) is 0.388. The van der Waals surface area contributed by atoms with Crippen LogP contribution < -0.4 is 9.62 Å². The smallest absolute Gasteiger partial charge is 0.154 e. The molecule has 0 radical (unpaired) electrons. The zero-order valence-corrected chi connectivity index (χ0v) is 23.5. The molecule has 35 heavy (non-hydrogen) atoms. The van der Waals surface area contributed by atoms with Crippen molar-refractivity contribution >= 4 is 49.5 Å². The van der Waals surface area contributed by atoms with Crippen LogP contribution in [-0.4, -0.2) is 44.0 Å². The highest BCUT2D eigenvalue weighted by molar-refractivity contribution is 9.10. The molecule has 1 aliphatic rings. The number of imidazole rings is 1. The maximum atomic E-state index is 13.3. The average Bonchev–Trinajstić information content (AvgIpc) is 3.21. The van der Waals surface area contributed by atoms with Crippen molar-refractivity contribution in [3.63, 3.8) is 0 Å². The standard InChI is InChI=1S/C26H36BrN5O2S/c1-26(2,3)25-30-22-14-19(10-11-23(22)32(25)17-18-8-6-5-7-9-18)31(4)35(34)20-15-21(27)24(29-16-20)28-12-13-33/h10-11,14-16,18,33H,5-9,12-13,17H2,1-4H3,(H,28,29). The summed E-state index contributed by atoms with van der Waals surface area (Å²) in [6.45, 7) is 8.09. The van der Waals surface area contributed by atoms with Crippen LogP contribution in [0.5, 0.6) is 0 Å². The van der Waals surface area contributed by atoms with Crippen LogP contribution in [-0.2, 0) is 22.9 Å². The Kier molecular flexibility index (Phi) is 8.18. The van der Waals surface area contributed by atoms with Gasteiger partial charge in [0, 0.05) is 31.7 Å². The number of aliphatic hydroxyl groups is 1. The Labute approximate surface area is 219 Å². The molecule has 0 aliphatic heterocycles. The molecule has 1 atom stereocenters. The molecule has 1 fully saturated rings. The number of hydrogen-bond acceptors (Lipinski definition) is 5. The molecule has 2 aromatic heterocycles. The first kappa shape index (κ1) is 26.1. The van der Waals surface area contributed by atoms with Gasteiger partial charge in [0.25, 0.3) is 0 Å². The molecule has 0 spiro atoms. The maximum Gasteiger partial charge on any atom is 0.154 e. The Hall–Kier alpha value is -1.97. The molecule has 1 saturated carbocycles. The molecule has 1 aromatic carbocycles. The van der Waals surface area contributed by atoms with Gasteiger partial charge in [-0.1, -0.05) is 40.0 Å². The Bertz CT molecular complexity index is 1200. The van der Waals surface area contributed by atoms with Gasteiger partial charge in [-0.3, -0.25) is 4.31 Å². The summed E-state index contributed by atoms with van der Waals surface area (Å²) < 4.78 is 18.2. The summed E-state index contributed by atoms with van der Waals surface area (Å²) in [5.41, 5.74) is 2.87. The predicted octanol–water partition coefficient (Wildman–Crippen LogP) is 5.63. The molecule has 3 aromatic rings. The molecule has 2 N–H and O–H groups in total. The van der Waals surface area contributed by atoms with Crippen molar-refractivity contribution < 1.29 is 9.32 Å². The number of fused-ring (bicyclic) bond motifs is 1. The molecule has 4 rings (SSSR count). The van der Waals surface area contributed by atoms with E-state index < -0.39 is 11.0 Å². The zero-order valence-electron chi connectivity index (χ0n) is 21.1. The van der Waals surface area contributed by atoms with E-state index in [-0.39, 0.29) is 12.0 Å². The number of pyridine rings is 1. The first-order chi connectivity index (χ1) is 16.7. The predicted molar refractivity (Wildman–Crippen MR) is 147 cm³/mol. The number of nitrogens with zero attached hydrogens (tertiary/aromatic N) is 4. The Morgan fingerprint density at radius 1 is 1.23 bits per heavy atom. The fourth-order valence-electron chi connectivity index (χ4n) is 4.77. The minimum atomic E-state index is -1.44. The van der Waals surface area contributed by atoms with Gasteiger partial charge in [0.1, 0.15) is 11.6 Å². The fourth-order valence-corrected chi connectivity index (χ4v) is 6.40. The monoisotopic (exact) mass is 561 g/mol. The molecule has 190 valence electrons. The number of aromatic nitrogens is 3. The van der Waals surface area contributed by atoms with Crippen LogP contribution in [0.15, 0.2) is 39.8 Å². The molecule has 1 unspecified atom stereocenters. The highest BCUT2D eigenvalue weighted by Gasteiger charge is 2.26. The number of nitrogens with one attached hydrogen (secondary N) is 1.